The van der Waals surface area contributed by atoms with Crippen LogP contribution in [0.4, 0.5) is 5.69 Å². The molecule has 0 unspecified atom stereocenters. The lowest BCUT2D eigenvalue weighted by Gasteiger charge is -2.12. The summed E-state index contributed by atoms with van der Waals surface area (Å²) < 4.78 is 5.67. The molecule has 0 atom stereocenters. The van der Waals surface area contributed by atoms with Gasteiger partial charge in [0, 0.05) is 17.0 Å². The van der Waals surface area contributed by atoms with Gasteiger partial charge in [-0.05, 0) is 12.1 Å². The molecule has 7 heteroatoms. The monoisotopic (exact) mass is 389 g/mol. The molecule has 0 bridgehead atoms. The Labute approximate surface area is 139 Å². The number of benzene rings is 2. The van der Waals surface area contributed by atoms with Crippen molar-refractivity contribution >= 4 is 44.8 Å². The van der Waals surface area contributed by atoms with E-state index in [1.807, 2.05) is 12.1 Å². The van der Waals surface area contributed by atoms with E-state index in [-0.39, 0.29) is 17.3 Å². The molecule has 0 saturated heterocycles. The maximum atomic E-state index is 11.0. The Morgan fingerprint density at radius 2 is 1.81 bits per heavy atom. The number of para-hydroxylation sites is 1. The molecule has 2 aromatic carbocycles. The summed E-state index contributed by atoms with van der Waals surface area (Å²) >= 11 is 15.5. The number of hydrogen-bond donors (Lipinski definition) is 0. The Morgan fingerprint density at radius 1 is 1.14 bits per heavy atom. The van der Waals surface area contributed by atoms with E-state index in [1.165, 1.54) is 12.1 Å². The molecule has 0 heterocycles. The molecule has 0 aromatic heterocycles. The summed E-state index contributed by atoms with van der Waals surface area (Å²) in [6, 6.07) is 9.88. The molecule has 0 radical (unpaired) electrons. The highest BCUT2D eigenvalue weighted by Crippen LogP contribution is 2.33. The lowest BCUT2D eigenvalue weighted by molar-refractivity contribution is -0.385. The molecule has 2 rings (SSSR count). The van der Waals surface area contributed by atoms with Gasteiger partial charge in [0.05, 0.1) is 20.5 Å². The van der Waals surface area contributed by atoms with Crippen molar-refractivity contribution in [1.82, 2.24) is 0 Å². The first kappa shape index (κ1) is 16.1. The Hall–Kier alpha value is -1.30. The van der Waals surface area contributed by atoms with E-state index in [4.69, 9.17) is 27.9 Å². The molecule has 0 aliphatic carbocycles. The van der Waals surface area contributed by atoms with Gasteiger partial charge in [-0.15, -0.1) is 0 Å². The van der Waals surface area contributed by atoms with Crippen molar-refractivity contribution in [2.45, 2.75) is 11.9 Å². The Kier molecular flexibility index (Phi) is 5.45. The van der Waals surface area contributed by atoms with Gasteiger partial charge in [0.1, 0.15) is 12.4 Å². The van der Waals surface area contributed by atoms with Gasteiger partial charge in [-0.2, -0.15) is 0 Å². The predicted octanol–water partition coefficient (Wildman–Crippen LogP) is 5.38. The number of nitrogens with zero attached hydrogens (tertiary/aromatic N) is 1. The zero-order valence-corrected chi connectivity index (χ0v) is 13.8. The van der Waals surface area contributed by atoms with Crippen molar-refractivity contribution in [3.63, 3.8) is 0 Å². The molecule has 0 N–H and O–H groups in total. The maximum absolute atomic E-state index is 11.0. The molecule has 0 amide bonds. The van der Waals surface area contributed by atoms with Gasteiger partial charge in [-0.1, -0.05) is 57.3 Å². The lowest BCUT2D eigenvalue weighted by Crippen LogP contribution is -2.03. The van der Waals surface area contributed by atoms with Crippen molar-refractivity contribution in [1.29, 1.82) is 0 Å². The van der Waals surface area contributed by atoms with Crippen LogP contribution >= 0.6 is 39.1 Å². The number of rotatable bonds is 5. The van der Waals surface area contributed by atoms with Gasteiger partial charge in [-0.25, -0.2) is 0 Å². The van der Waals surface area contributed by atoms with Crippen LogP contribution in [0.2, 0.25) is 10.0 Å². The second-order valence-corrected chi connectivity index (χ2v) is 5.52. The van der Waals surface area contributed by atoms with Crippen LogP contribution in [0.5, 0.6) is 5.75 Å². The minimum atomic E-state index is -0.484. The topological polar surface area (TPSA) is 52.4 Å². The molecule has 0 aliphatic rings. The van der Waals surface area contributed by atoms with E-state index in [2.05, 4.69) is 15.9 Å². The SMILES string of the molecule is O=[N+]([O-])c1cccc(Cl)c1COc1c(Cl)cccc1CBr. The van der Waals surface area contributed by atoms with Gasteiger partial charge in [0.2, 0.25) is 0 Å². The molecule has 0 spiro atoms. The summed E-state index contributed by atoms with van der Waals surface area (Å²) in [5, 5.41) is 12.3. The largest absolute Gasteiger partial charge is 0.487 e. The summed E-state index contributed by atoms with van der Waals surface area (Å²) in [5.74, 6) is 0.491. The zero-order chi connectivity index (χ0) is 15.4. The van der Waals surface area contributed by atoms with Crippen molar-refractivity contribution in [3.05, 3.63) is 67.7 Å². The summed E-state index contributed by atoms with van der Waals surface area (Å²) in [4.78, 5) is 10.5. The van der Waals surface area contributed by atoms with E-state index in [0.717, 1.165) is 5.56 Å². The van der Waals surface area contributed by atoms with E-state index < -0.39 is 4.92 Å². The van der Waals surface area contributed by atoms with Crippen molar-refractivity contribution < 1.29 is 9.66 Å². The summed E-state index contributed by atoms with van der Waals surface area (Å²) in [7, 11) is 0. The maximum Gasteiger partial charge on any atom is 0.277 e. The number of halogens is 3. The van der Waals surface area contributed by atoms with E-state index in [9.17, 15) is 10.1 Å². The number of ether oxygens (including phenoxy) is 1. The van der Waals surface area contributed by atoms with Gasteiger partial charge in [0.25, 0.3) is 5.69 Å². The van der Waals surface area contributed by atoms with E-state index in [0.29, 0.717) is 21.7 Å². The van der Waals surface area contributed by atoms with Crippen LogP contribution < -0.4 is 4.74 Å². The molecule has 21 heavy (non-hydrogen) atoms. The first-order valence-electron chi connectivity index (χ1n) is 5.92. The van der Waals surface area contributed by atoms with Crippen LogP contribution in [0, 0.1) is 10.1 Å². The number of alkyl halides is 1. The lowest BCUT2D eigenvalue weighted by atomic mass is 10.2. The van der Waals surface area contributed by atoms with Gasteiger partial charge in [-0.3, -0.25) is 10.1 Å². The summed E-state index contributed by atoms with van der Waals surface area (Å²) in [5.41, 5.74) is 1.11. The van der Waals surface area contributed by atoms with E-state index >= 15 is 0 Å². The predicted molar refractivity (Wildman–Crippen MR) is 86.5 cm³/mol. The first-order chi connectivity index (χ1) is 10.0. The molecular formula is C14H10BrCl2NO3. The summed E-state index contributed by atoms with van der Waals surface area (Å²) in [6.45, 7) is -0.0281. The Morgan fingerprint density at radius 3 is 2.48 bits per heavy atom. The molecule has 0 fully saturated rings. The van der Waals surface area contributed by atoms with Crippen molar-refractivity contribution in [3.8, 4) is 5.75 Å². The summed E-state index contributed by atoms with van der Waals surface area (Å²) in [6.07, 6.45) is 0. The van der Waals surface area contributed by atoms with Crippen LogP contribution in [0.25, 0.3) is 0 Å². The normalized spacial score (nSPS) is 10.4. The second-order valence-electron chi connectivity index (χ2n) is 4.15. The van der Waals surface area contributed by atoms with Gasteiger partial charge in [0.15, 0.2) is 0 Å². The smallest absolute Gasteiger partial charge is 0.277 e. The third-order valence-electron chi connectivity index (χ3n) is 2.84. The van der Waals surface area contributed by atoms with Crippen LogP contribution in [-0.2, 0) is 11.9 Å². The molecule has 4 nitrogen and oxygen atoms in total. The fourth-order valence-corrected chi connectivity index (χ4v) is 2.74. The van der Waals surface area contributed by atoms with E-state index in [1.54, 1.807) is 12.1 Å². The molecule has 2 aromatic rings. The third-order valence-corrected chi connectivity index (χ3v) is 4.10. The average molecular weight is 391 g/mol. The van der Waals surface area contributed by atoms with Crippen LogP contribution in [0.3, 0.4) is 0 Å². The quantitative estimate of drug-likeness (QED) is 0.391. The fourth-order valence-electron chi connectivity index (χ4n) is 1.83. The second kappa shape index (κ2) is 7.11. The highest BCUT2D eigenvalue weighted by Gasteiger charge is 2.18. The van der Waals surface area contributed by atoms with Gasteiger partial charge < -0.3 is 4.74 Å². The molecule has 110 valence electrons. The first-order valence-corrected chi connectivity index (χ1v) is 7.80. The highest BCUT2D eigenvalue weighted by molar-refractivity contribution is 9.08. The number of nitro benzene ring substituents is 1. The Balaban J connectivity index is 2.31. The van der Waals surface area contributed by atoms with Crippen LogP contribution in [-0.4, -0.2) is 4.92 Å². The average Bonchev–Trinajstić information content (AvgIpc) is 2.46. The minimum absolute atomic E-state index is 0.0281. The molecule has 0 saturated carbocycles. The number of hydrogen-bond acceptors (Lipinski definition) is 3. The Bertz CT molecular complexity index is 679. The minimum Gasteiger partial charge on any atom is -0.487 e. The van der Waals surface area contributed by atoms with Crippen LogP contribution in [0.15, 0.2) is 36.4 Å². The standard InChI is InChI=1S/C14H10BrCl2NO3/c15-7-9-3-1-5-12(17)14(9)21-8-10-11(16)4-2-6-13(10)18(19)20/h1-6H,7-8H2. The van der Waals surface area contributed by atoms with Crippen molar-refractivity contribution in [2.24, 2.45) is 0 Å². The zero-order valence-electron chi connectivity index (χ0n) is 10.7. The number of nitro groups is 1. The fraction of sp³-hybridized carbons (Fsp3) is 0.143. The highest BCUT2D eigenvalue weighted by atomic mass is 79.9. The van der Waals surface area contributed by atoms with Crippen molar-refractivity contribution in [2.75, 3.05) is 0 Å². The third kappa shape index (κ3) is 3.67. The van der Waals surface area contributed by atoms with Crippen LogP contribution in [0.1, 0.15) is 11.1 Å². The van der Waals surface area contributed by atoms with Gasteiger partial charge >= 0.3 is 0 Å². The molecule has 0 aliphatic heterocycles. The molecular weight excluding hydrogens is 381 g/mol.